The van der Waals surface area contributed by atoms with Crippen LogP contribution in [0.1, 0.15) is 47.2 Å². The number of carbonyl (C=O) groups excluding carboxylic acids is 1. The van der Waals surface area contributed by atoms with E-state index in [2.05, 4.69) is 15.1 Å². The van der Waals surface area contributed by atoms with Gasteiger partial charge in [0.25, 0.3) is 5.91 Å². The lowest BCUT2D eigenvalue weighted by atomic mass is 9.92. The van der Waals surface area contributed by atoms with Gasteiger partial charge in [-0.2, -0.15) is 5.10 Å². The second-order valence-corrected chi connectivity index (χ2v) is 11.2. The molecule has 2 aromatic carbocycles. The van der Waals surface area contributed by atoms with E-state index in [0.717, 1.165) is 5.56 Å². The molecule has 3 aromatic heterocycles. The molecule has 0 radical (unpaired) electrons. The third-order valence-corrected chi connectivity index (χ3v) is 8.57. The Morgan fingerprint density at radius 2 is 1.75 bits per heavy atom. The summed E-state index contributed by atoms with van der Waals surface area (Å²) in [5.41, 5.74) is 3.88. The number of benzene rings is 2. The molecule has 222 valence electrons. The van der Waals surface area contributed by atoms with Crippen molar-refractivity contribution in [2.75, 3.05) is 24.5 Å². The van der Waals surface area contributed by atoms with Crippen molar-refractivity contribution in [1.29, 1.82) is 0 Å². The van der Waals surface area contributed by atoms with Crippen LogP contribution in [0.25, 0.3) is 28.3 Å². The summed E-state index contributed by atoms with van der Waals surface area (Å²) >= 11 is 0. The molecule has 1 unspecified atom stereocenters. The zero-order chi connectivity index (χ0) is 30.5. The minimum Gasteiger partial charge on any atom is -0.481 e. The molecule has 0 aliphatic carbocycles. The van der Waals surface area contributed by atoms with Crippen LogP contribution in [0.4, 0.5) is 14.5 Å². The number of fused-ring (bicyclic) bond motifs is 2. The molecular weight excluding hydrogens is 566 g/mol. The van der Waals surface area contributed by atoms with Crippen LogP contribution in [0.5, 0.6) is 0 Å². The smallest absolute Gasteiger partial charge is 0.308 e. The number of aliphatic carboxylic acids is 1. The highest BCUT2D eigenvalue weighted by Crippen LogP contribution is 2.37. The van der Waals surface area contributed by atoms with Gasteiger partial charge in [-0.3, -0.25) is 14.6 Å². The summed E-state index contributed by atoms with van der Waals surface area (Å²) in [6.45, 7) is 2.62. The summed E-state index contributed by atoms with van der Waals surface area (Å²) in [6, 6.07) is 20.1. The maximum absolute atomic E-state index is 15.5. The van der Waals surface area contributed by atoms with Gasteiger partial charge in [0.2, 0.25) is 0 Å². The molecule has 3 atom stereocenters. The van der Waals surface area contributed by atoms with E-state index in [0.29, 0.717) is 53.5 Å². The summed E-state index contributed by atoms with van der Waals surface area (Å²) in [7, 11) is 0. The van der Waals surface area contributed by atoms with E-state index in [1.54, 1.807) is 54.7 Å². The number of hydrogen-bond donors (Lipinski definition) is 1. The molecule has 1 N–H and O–H groups in total. The second-order valence-electron chi connectivity index (χ2n) is 11.2. The molecular formula is C33H28F2N6O3. The molecule has 2 aliphatic rings. The molecule has 1 saturated heterocycles. The van der Waals surface area contributed by atoms with E-state index in [1.165, 1.54) is 15.5 Å². The van der Waals surface area contributed by atoms with Crippen molar-refractivity contribution < 1.29 is 23.5 Å². The Morgan fingerprint density at radius 1 is 0.955 bits per heavy atom. The van der Waals surface area contributed by atoms with Crippen molar-refractivity contribution in [1.82, 2.24) is 24.5 Å². The van der Waals surface area contributed by atoms with E-state index in [-0.39, 0.29) is 23.8 Å². The maximum atomic E-state index is 15.5. The average molecular weight is 595 g/mol. The predicted octanol–water partition coefficient (Wildman–Crippen LogP) is 5.74. The molecule has 5 heterocycles. The van der Waals surface area contributed by atoms with Crippen LogP contribution in [0.15, 0.2) is 79.0 Å². The van der Waals surface area contributed by atoms with Gasteiger partial charge in [-0.25, -0.2) is 18.3 Å². The lowest BCUT2D eigenvalue weighted by molar-refractivity contribution is -0.140. The van der Waals surface area contributed by atoms with Gasteiger partial charge < -0.3 is 14.9 Å². The Bertz CT molecular complexity index is 1910. The Balaban J connectivity index is 1.27. The molecule has 7 rings (SSSR count). The van der Waals surface area contributed by atoms with Crippen molar-refractivity contribution in [3.8, 4) is 22.6 Å². The maximum Gasteiger partial charge on any atom is 0.308 e. The fourth-order valence-corrected chi connectivity index (χ4v) is 6.20. The first-order chi connectivity index (χ1) is 21.3. The van der Waals surface area contributed by atoms with E-state index in [1.807, 2.05) is 30.0 Å². The Hall–Kier alpha value is -5.19. The summed E-state index contributed by atoms with van der Waals surface area (Å²) in [6.07, 6.45) is 0.799. The highest BCUT2D eigenvalue weighted by atomic mass is 19.1. The first-order valence-electron chi connectivity index (χ1n) is 14.4. The number of aromatic nitrogens is 4. The summed E-state index contributed by atoms with van der Waals surface area (Å²) in [5, 5.41) is 14.0. The van der Waals surface area contributed by atoms with Crippen molar-refractivity contribution in [2.45, 2.75) is 25.6 Å². The number of hydrogen-bond acceptors (Lipinski definition) is 6. The third kappa shape index (κ3) is 4.74. The number of carboxylic acids is 1. The minimum absolute atomic E-state index is 0.0980. The number of halogens is 2. The van der Waals surface area contributed by atoms with E-state index < -0.39 is 29.8 Å². The molecule has 1 amide bonds. The van der Waals surface area contributed by atoms with Crippen LogP contribution in [-0.2, 0) is 4.79 Å². The molecule has 11 heteroatoms. The average Bonchev–Trinajstić information content (AvgIpc) is 3.71. The summed E-state index contributed by atoms with van der Waals surface area (Å²) in [4.78, 5) is 37.7. The molecule has 0 spiro atoms. The molecule has 9 nitrogen and oxygen atoms in total. The fourth-order valence-electron chi connectivity index (χ4n) is 6.20. The lowest BCUT2D eigenvalue weighted by Gasteiger charge is -2.36. The quantitative estimate of drug-likeness (QED) is 0.277. The number of nitrogens with zero attached hydrogens (tertiary/aromatic N) is 6. The van der Waals surface area contributed by atoms with Crippen molar-refractivity contribution >= 4 is 23.2 Å². The molecule has 2 aliphatic heterocycles. The molecule has 1 fully saturated rings. The number of pyridine rings is 1. The zero-order valence-corrected chi connectivity index (χ0v) is 23.8. The van der Waals surface area contributed by atoms with Crippen LogP contribution in [0.2, 0.25) is 0 Å². The highest BCUT2D eigenvalue weighted by Gasteiger charge is 2.35. The number of alkyl halides is 1. The van der Waals surface area contributed by atoms with Crippen LogP contribution < -0.4 is 4.90 Å². The number of carboxylic acid groups (broad SMARTS) is 1. The van der Waals surface area contributed by atoms with Gasteiger partial charge in [-0.1, -0.05) is 30.3 Å². The first kappa shape index (κ1) is 27.6. The van der Waals surface area contributed by atoms with Gasteiger partial charge in [0, 0.05) is 36.6 Å². The molecule has 0 bridgehead atoms. The van der Waals surface area contributed by atoms with Crippen molar-refractivity contribution in [3.05, 3.63) is 102 Å². The number of anilines is 1. The number of amides is 1. The van der Waals surface area contributed by atoms with Gasteiger partial charge in [0.1, 0.15) is 17.7 Å². The second kappa shape index (κ2) is 10.8. The van der Waals surface area contributed by atoms with Gasteiger partial charge >= 0.3 is 5.97 Å². The number of carbonyl (C=O) groups is 2. The monoisotopic (exact) mass is 594 g/mol. The normalized spacial score (nSPS) is 19.8. The van der Waals surface area contributed by atoms with Gasteiger partial charge in [0.15, 0.2) is 5.65 Å². The van der Waals surface area contributed by atoms with Crippen LogP contribution in [0, 0.1) is 11.7 Å². The first-order valence-corrected chi connectivity index (χ1v) is 14.4. The largest absolute Gasteiger partial charge is 0.481 e. The van der Waals surface area contributed by atoms with Crippen LogP contribution >= 0.6 is 0 Å². The Kier molecular flexibility index (Phi) is 6.80. The number of rotatable bonds is 5. The lowest BCUT2D eigenvalue weighted by Crippen LogP contribution is -2.40. The third-order valence-electron chi connectivity index (χ3n) is 8.57. The summed E-state index contributed by atoms with van der Waals surface area (Å²) < 4.78 is 32.2. The highest BCUT2D eigenvalue weighted by molar-refractivity contribution is 5.94. The van der Waals surface area contributed by atoms with Crippen LogP contribution in [0.3, 0.4) is 0 Å². The van der Waals surface area contributed by atoms with Gasteiger partial charge in [0.05, 0.1) is 35.6 Å². The Morgan fingerprint density at radius 3 is 2.48 bits per heavy atom. The van der Waals surface area contributed by atoms with Crippen LogP contribution in [-0.4, -0.2) is 61.1 Å². The summed E-state index contributed by atoms with van der Waals surface area (Å²) in [5.74, 6) is -2.29. The zero-order valence-electron chi connectivity index (χ0n) is 23.8. The van der Waals surface area contributed by atoms with E-state index in [9.17, 15) is 14.7 Å². The molecule has 5 aromatic rings. The van der Waals surface area contributed by atoms with E-state index in [4.69, 9.17) is 0 Å². The van der Waals surface area contributed by atoms with Gasteiger partial charge in [-0.05, 0) is 60.9 Å². The molecule has 0 saturated carbocycles. The predicted molar refractivity (Wildman–Crippen MR) is 159 cm³/mol. The van der Waals surface area contributed by atoms with E-state index >= 15 is 8.78 Å². The topological polar surface area (TPSA) is 104 Å². The SMILES string of the molecule is C[C@@H]1c2ccccc2C(F)CN1C(=O)c1cc(-c2ccccn2)n2nc(-c3ccc(N4CC[C@H](C(=O)O)C4)cc3F)cc2n1. The fraction of sp³-hybridized carbons (Fsp3) is 0.242. The Labute approximate surface area is 251 Å². The standard InChI is InChI=1S/C33H28F2N6O3/c1-19-22-6-2-3-7-23(22)26(35)18-40(19)32(42)29-15-30(27-8-4-5-12-36-27)41-31(37-29)16-28(38-41)24-10-9-21(14-25(24)34)39-13-11-20(17-39)33(43)44/h2-10,12,14-16,19-20,26H,11,13,17-18H2,1H3,(H,43,44)/t19-,20+,26?/m1/s1. The van der Waals surface area contributed by atoms with Crippen molar-refractivity contribution in [2.24, 2.45) is 5.92 Å². The van der Waals surface area contributed by atoms with Crippen molar-refractivity contribution in [3.63, 3.8) is 0 Å². The minimum atomic E-state index is -1.33. The van der Waals surface area contributed by atoms with Gasteiger partial charge in [-0.15, -0.1) is 0 Å². The molecule has 44 heavy (non-hydrogen) atoms.